The van der Waals surface area contributed by atoms with Gasteiger partial charge in [-0.3, -0.25) is 4.79 Å². The van der Waals surface area contributed by atoms with E-state index in [4.69, 9.17) is 9.26 Å². The number of carbonyl (C=O) groups excluding carboxylic acids is 1. The fourth-order valence-corrected chi connectivity index (χ4v) is 3.71. The Morgan fingerprint density at radius 1 is 1.09 bits per heavy atom. The average molecular weight is 445 g/mol. The van der Waals surface area contributed by atoms with Crippen LogP contribution < -0.4 is 15.0 Å². The number of rotatable bonds is 5. The van der Waals surface area contributed by atoms with Gasteiger partial charge in [0.2, 0.25) is 5.88 Å². The number of benzene rings is 2. The lowest BCUT2D eigenvalue weighted by molar-refractivity contribution is -0.137. The summed E-state index contributed by atoms with van der Waals surface area (Å²) < 4.78 is 49.7. The molecule has 6 nitrogen and oxygen atoms in total. The lowest BCUT2D eigenvalue weighted by atomic mass is 10.0. The van der Waals surface area contributed by atoms with Gasteiger partial charge in [-0.2, -0.15) is 13.2 Å². The first-order valence-corrected chi connectivity index (χ1v) is 10.2. The summed E-state index contributed by atoms with van der Waals surface area (Å²) in [6.45, 7) is 1.42. The van der Waals surface area contributed by atoms with Gasteiger partial charge in [0.05, 0.1) is 12.7 Å². The van der Waals surface area contributed by atoms with Gasteiger partial charge in [0.25, 0.3) is 5.91 Å². The minimum Gasteiger partial charge on any atom is -0.497 e. The van der Waals surface area contributed by atoms with E-state index < -0.39 is 17.6 Å². The molecule has 4 rings (SSSR count). The van der Waals surface area contributed by atoms with E-state index in [0.717, 1.165) is 31.4 Å². The zero-order valence-electron chi connectivity index (χ0n) is 17.4. The molecule has 0 bridgehead atoms. The standard InChI is InChI=1S/C23H22F3N3O3/c1-31-18-7-5-6-17(14-18)27-21(30)19-20(15-8-10-16(11-9-15)23(24,25)26)28-32-22(19)29-12-3-2-4-13-29/h5-11,14H,2-4,12-13H2,1H3,(H,27,30). The number of anilines is 2. The molecule has 2 aromatic carbocycles. The summed E-state index contributed by atoms with van der Waals surface area (Å²) in [5.74, 6) is 0.433. The third-order valence-corrected chi connectivity index (χ3v) is 5.36. The van der Waals surface area contributed by atoms with Crippen LogP contribution in [-0.4, -0.2) is 31.3 Å². The Hall–Kier alpha value is -3.49. The highest BCUT2D eigenvalue weighted by Gasteiger charge is 2.32. The predicted molar refractivity (Wildman–Crippen MR) is 114 cm³/mol. The van der Waals surface area contributed by atoms with Crippen LogP contribution in [-0.2, 0) is 6.18 Å². The molecule has 0 atom stereocenters. The Balaban J connectivity index is 1.72. The van der Waals surface area contributed by atoms with E-state index in [-0.39, 0.29) is 11.3 Å². The number of ether oxygens (including phenoxy) is 1. The maximum atomic E-state index is 13.3. The first-order valence-electron chi connectivity index (χ1n) is 10.2. The Kier molecular flexibility index (Phi) is 6.07. The summed E-state index contributed by atoms with van der Waals surface area (Å²) in [7, 11) is 1.53. The fourth-order valence-electron chi connectivity index (χ4n) is 3.71. The fraction of sp³-hybridized carbons (Fsp3) is 0.304. The molecule has 0 unspecified atom stereocenters. The molecule has 168 valence electrons. The monoisotopic (exact) mass is 445 g/mol. The number of amides is 1. The van der Waals surface area contributed by atoms with E-state index in [1.54, 1.807) is 24.3 Å². The molecule has 1 fully saturated rings. The van der Waals surface area contributed by atoms with Gasteiger partial charge in [-0.05, 0) is 43.5 Å². The van der Waals surface area contributed by atoms with Crippen LogP contribution in [0.3, 0.4) is 0 Å². The van der Waals surface area contributed by atoms with Crippen LogP contribution in [0.5, 0.6) is 5.75 Å². The van der Waals surface area contributed by atoms with Gasteiger partial charge in [-0.25, -0.2) is 0 Å². The van der Waals surface area contributed by atoms with Crippen molar-refractivity contribution in [2.45, 2.75) is 25.4 Å². The predicted octanol–water partition coefficient (Wildman–Crippen LogP) is 5.61. The van der Waals surface area contributed by atoms with E-state index in [2.05, 4.69) is 10.5 Å². The molecule has 32 heavy (non-hydrogen) atoms. The summed E-state index contributed by atoms with van der Waals surface area (Å²) >= 11 is 0. The van der Waals surface area contributed by atoms with Crippen molar-refractivity contribution >= 4 is 17.5 Å². The van der Waals surface area contributed by atoms with Gasteiger partial charge >= 0.3 is 6.18 Å². The molecule has 0 radical (unpaired) electrons. The highest BCUT2D eigenvalue weighted by molar-refractivity contribution is 6.11. The summed E-state index contributed by atoms with van der Waals surface area (Å²) in [5, 5.41) is 6.89. The van der Waals surface area contributed by atoms with E-state index >= 15 is 0 Å². The van der Waals surface area contributed by atoms with Crippen LogP contribution in [0.2, 0.25) is 0 Å². The number of alkyl halides is 3. The first-order chi connectivity index (χ1) is 15.4. The van der Waals surface area contributed by atoms with Crippen LogP contribution in [0.15, 0.2) is 53.1 Å². The van der Waals surface area contributed by atoms with Crippen LogP contribution in [0, 0.1) is 0 Å². The smallest absolute Gasteiger partial charge is 0.416 e. The topological polar surface area (TPSA) is 67.6 Å². The zero-order valence-corrected chi connectivity index (χ0v) is 17.4. The van der Waals surface area contributed by atoms with Crippen molar-refractivity contribution in [1.82, 2.24) is 5.16 Å². The Morgan fingerprint density at radius 3 is 2.47 bits per heavy atom. The number of halogens is 3. The summed E-state index contributed by atoms with van der Waals surface area (Å²) in [4.78, 5) is 15.2. The molecule has 1 aliphatic heterocycles. The first kappa shape index (κ1) is 21.7. The Morgan fingerprint density at radius 2 is 1.81 bits per heavy atom. The zero-order chi connectivity index (χ0) is 22.7. The Bertz CT molecular complexity index is 1090. The van der Waals surface area contributed by atoms with Crippen LogP contribution >= 0.6 is 0 Å². The molecule has 2 heterocycles. The highest BCUT2D eigenvalue weighted by Crippen LogP contribution is 2.36. The van der Waals surface area contributed by atoms with Crippen molar-refractivity contribution in [3.8, 4) is 17.0 Å². The van der Waals surface area contributed by atoms with Gasteiger partial charge in [0, 0.05) is 30.4 Å². The molecule has 0 saturated carbocycles. The summed E-state index contributed by atoms with van der Waals surface area (Å²) in [6, 6.07) is 11.4. The van der Waals surface area contributed by atoms with Crippen LogP contribution in [0.1, 0.15) is 35.2 Å². The third-order valence-electron chi connectivity index (χ3n) is 5.36. The largest absolute Gasteiger partial charge is 0.497 e. The normalized spacial score (nSPS) is 14.3. The number of nitrogens with zero attached hydrogens (tertiary/aromatic N) is 2. The van der Waals surface area contributed by atoms with Gasteiger partial charge < -0.3 is 19.5 Å². The molecule has 3 aromatic rings. The van der Waals surface area contributed by atoms with Crippen molar-refractivity contribution in [2.75, 3.05) is 30.4 Å². The van der Waals surface area contributed by atoms with Crippen molar-refractivity contribution in [3.63, 3.8) is 0 Å². The second-order valence-electron chi connectivity index (χ2n) is 7.52. The van der Waals surface area contributed by atoms with Crippen LogP contribution in [0.25, 0.3) is 11.3 Å². The minimum absolute atomic E-state index is 0.189. The summed E-state index contributed by atoms with van der Waals surface area (Å²) in [6.07, 6.45) is -1.46. The van der Waals surface area contributed by atoms with Crippen molar-refractivity contribution in [1.29, 1.82) is 0 Å². The van der Waals surface area contributed by atoms with Gasteiger partial charge in [0.15, 0.2) is 0 Å². The molecule has 1 N–H and O–H groups in total. The third kappa shape index (κ3) is 4.56. The van der Waals surface area contributed by atoms with E-state index in [9.17, 15) is 18.0 Å². The van der Waals surface area contributed by atoms with E-state index in [1.165, 1.54) is 19.2 Å². The number of hydrogen-bond donors (Lipinski definition) is 1. The molecule has 0 aliphatic carbocycles. The van der Waals surface area contributed by atoms with Gasteiger partial charge in [-0.1, -0.05) is 23.4 Å². The van der Waals surface area contributed by atoms with E-state index in [0.29, 0.717) is 36.0 Å². The lowest BCUT2D eigenvalue weighted by Gasteiger charge is -2.26. The number of aromatic nitrogens is 1. The molecule has 1 aliphatic rings. The quantitative estimate of drug-likeness (QED) is 0.553. The van der Waals surface area contributed by atoms with Crippen molar-refractivity contribution in [3.05, 3.63) is 59.7 Å². The maximum absolute atomic E-state index is 13.3. The highest BCUT2D eigenvalue weighted by atomic mass is 19.4. The number of nitrogens with one attached hydrogen (secondary N) is 1. The molecule has 1 amide bonds. The van der Waals surface area contributed by atoms with Gasteiger partial charge in [-0.15, -0.1) is 0 Å². The number of carbonyl (C=O) groups is 1. The molecule has 0 spiro atoms. The molecule has 9 heteroatoms. The maximum Gasteiger partial charge on any atom is 0.416 e. The SMILES string of the molecule is COc1cccc(NC(=O)c2c(-c3ccc(C(F)(F)F)cc3)noc2N2CCCCC2)c1. The van der Waals surface area contributed by atoms with Crippen molar-refractivity contribution in [2.24, 2.45) is 0 Å². The molecule has 1 aromatic heterocycles. The number of piperidine rings is 1. The number of methoxy groups -OCH3 is 1. The number of hydrogen-bond acceptors (Lipinski definition) is 5. The minimum atomic E-state index is -4.45. The van der Waals surface area contributed by atoms with E-state index in [1.807, 2.05) is 4.90 Å². The lowest BCUT2D eigenvalue weighted by Crippen LogP contribution is -2.30. The molecular formula is C23H22F3N3O3. The molecule has 1 saturated heterocycles. The second kappa shape index (κ2) is 8.94. The van der Waals surface area contributed by atoms with Crippen molar-refractivity contribution < 1.29 is 27.2 Å². The summed E-state index contributed by atoms with van der Waals surface area (Å²) in [5.41, 5.74) is 0.483. The van der Waals surface area contributed by atoms with Gasteiger partial charge in [0.1, 0.15) is 17.0 Å². The average Bonchev–Trinajstić information content (AvgIpc) is 3.25. The molecular weight excluding hydrogens is 423 g/mol. The second-order valence-corrected chi connectivity index (χ2v) is 7.52. The van der Waals surface area contributed by atoms with Crippen LogP contribution in [0.4, 0.5) is 24.7 Å². The Labute approximate surface area is 183 Å².